The van der Waals surface area contributed by atoms with Crippen molar-refractivity contribution in [3.05, 3.63) is 52.5 Å². The zero-order valence-electron chi connectivity index (χ0n) is 10.7. The van der Waals surface area contributed by atoms with Crippen molar-refractivity contribution in [1.29, 1.82) is 0 Å². The van der Waals surface area contributed by atoms with Crippen LogP contribution in [0.3, 0.4) is 0 Å². The molecular weight excluding hydrogens is 293 g/mol. The second-order valence-electron chi connectivity index (χ2n) is 4.65. The lowest BCUT2D eigenvalue weighted by atomic mass is 10.0. The lowest BCUT2D eigenvalue weighted by Crippen LogP contribution is -2.07. The van der Waals surface area contributed by atoms with Gasteiger partial charge in [-0.25, -0.2) is 0 Å². The standard InChI is InChI=1S/C16H11Cl2NO/c1-9(20)19-16-13-7-11-5-3-2-4-10(11)6-12(13)8-14(17)15(16)18/h2-8H,1H3,(H,19,20). The van der Waals surface area contributed by atoms with E-state index in [1.54, 1.807) is 0 Å². The first-order valence-electron chi connectivity index (χ1n) is 6.14. The number of anilines is 1. The first-order valence-corrected chi connectivity index (χ1v) is 6.90. The minimum atomic E-state index is -0.177. The molecule has 0 aliphatic carbocycles. The predicted molar refractivity (Wildman–Crippen MR) is 85.8 cm³/mol. The summed E-state index contributed by atoms with van der Waals surface area (Å²) in [6.07, 6.45) is 0. The van der Waals surface area contributed by atoms with Crippen molar-refractivity contribution < 1.29 is 4.79 Å². The summed E-state index contributed by atoms with van der Waals surface area (Å²) < 4.78 is 0. The van der Waals surface area contributed by atoms with E-state index in [1.165, 1.54) is 6.92 Å². The van der Waals surface area contributed by atoms with Gasteiger partial charge in [0.15, 0.2) is 0 Å². The summed E-state index contributed by atoms with van der Waals surface area (Å²) in [5, 5.41) is 7.60. The Morgan fingerprint density at radius 3 is 2.30 bits per heavy atom. The number of halogens is 2. The van der Waals surface area contributed by atoms with Gasteiger partial charge >= 0.3 is 0 Å². The number of carbonyl (C=O) groups is 1. The smallest absolute Gasteiger partial charge is 0.221 e. The van der Waals surface area contributed by atoms with Crippen LogP contribution >= 0.6 is 23.2 Å². The van der Waals surface area contributed by atoms with E-state index < -0.39 is 0 Å². The molecule has 100 valence electrons. The quantitative estimate of drug-likeness (QED) is 0.611. The first-order chi connectivity index (χ1) is 9.56. The summed E-state index contributed by atoms with van der Waals surface area (Å²) >= 11 is 12.4. The number of nitrogens with one attached hydrogen (secondary N) is 1. The van der Waals surface area contributed by atoms with Crippen LogP contribution in [0.25, 0.3) is 21.5 Å². The Morgan fingerprint density at radius 2 is 1.65 bits per heavy atom. The minimum Gasteiger partial charge on any atom is -0.324 e. The zero-order chi connectivity index (χ0) is 14.3. The third-order valence-electron chi connectivity index (χ3n) is 3.20. The summed E-state index contributed by atoms with van der Waals surface area (Å²) in [6, 6.07) is 13.9. The number of rotatable bonds is 1. The summed E-state index contributed by atoms with van der Waals surface area (Å²) in [5.74, 6) is -0.177. The number of amides is 1. The van der Waals surface area contributed by atoms with Crippen LogP contribution in [0.4, 0.5) is 5.69 Å². The highest BCUT2D eigenvalue weighted by molar-refractivity contribution is 6.45. The highest BCUT2D eigenvalue weighted by Gasteiger charge is 2.12. The van der Waals surface area contributed by atoms with E-state index in [2.05, 4.69) is 5.32 Å². The van der Waals surface area contributed by atoms with Gasteiger partial charge in [-0.15, -0.1) is 0 Å². The number of fused-ring (bicyclic) bond motifs is 2. The van der Waals surface area contributed by atoms with Gasteiger partial charge in [0.25, 0.3) is 0 Å². The first kappa shape index (κ1) is 13.2. The molecule has 0 heterocycles. The molecule has 0 aromatic heterocycles. The highest BCUT2D eigenvalue weighted by atomic mass is 35.5. The molecular formula is C16H11Cl2NO. The predicted octanol–water partition coefficient (Wildman–Crippen LogP) is 5.26. The average molecular weight is 304 g/mol. The second-order valence-corrected chi connectivity index (χ2v) is 5.43. The van der Waals surface area contributed by atoms with Crippen molar-refractivity contribution in [2.45, 2.75) is 6.92 Å². The molecule has 3 rings (SSSR count). The minimum absolute atomic E-state index is 0.177. The van der Waals surface area contributed by atoms with Crippen molar-refractivity contribution in [2.75, 3.05) is 5.32 Å². The molecule has 0 unspecified atom stereocenters. The van der Waals surface area contributed by atoms with Gasteiger partial charge in [-0.05, 0) is 34.4 Å². The maximum absolute atomic E-state index is 11.4. The fourth-order valence-electron chi connectivity index (χ4n) is 2.33. The van der Waals surface area contributed by atoms with E-state index in [0.29, 0.717) is 15.7 Å². The van der Waals surface area contributed by atoms with Crippen molar-refractivity contribution in [2.24, 2.45) is 0 Å². The van der Waals surface area contributed by atoms with E-state index in [-0.39, 0.29) is 5.91 Å². The fraction of sp³-hybridized carbons (Fsp3) is 0.0625. The van der Waals surface area contributed by atoms with Gasteiger partial charge in [-0.2, -0.15) is 0 Å². The van der Waals surface area contributed by atoms with E-state index in [1.807, 2.05) is 42.5 Å². The number of carbonyl (C=O) groups excluding carboxylic acids is 1. The third kappa shape index (κ3) is 2.21. The van der Waals surface area contributed by atoms with Gasteiger partial charge in [0.1, 0.15) is 0 Å². The molecule has 3 aromatic carbocycles. The Morgan fingerprint density at radius 1 is 1.00 bits per heavy atom. The van der Waals surface area contributed by atoms with Gasteiger partial charge in [0, 0.05) is 12.3 Å². The SMILES string of the molecule is CC(=O)Nc1c(Cl)c(Cl)cc2cc3ccccc3cc12. The summed E-state index contributed by atoms with van der Waals surface area (Å²) in [6.45, 7) is 1.45. The van der Waals surface area contributed by atoms with E-state index in [0.717, 1.165) is 21.5 Å². The molecule has 1 amide bonds. The Kier molecular flexibility index (Phi) is 3.28. The monoisotopic (exact) mass is 303 g/mol. The molecule has 0 radical (unpaired) electrons. The van der Waals surface area contributed by atoms with Crippen LogP contribution in [0.5, 0.6) is 0 Å². The normalized spacial score (nSPS) is 10.9. The van der Waals surface area contributed by atoms with Crippen LogP contribution < -0.4 is 5.32 Å². The van der Waals surface area contributed by atoms with E-state index >= 15 is 0 Å². The van der Waals surface area contributed by atoms with Gasteiger partial charge in [-0.1, -0.05) is 47.5 Å². The molecule has 2 nitrogen and oxygen atoms in total. The maximum atomic E-state index is 11.4. The second kappa shape index (κ2) is 4.97. The van der Waals surface area contributed by atoms with Crippen LogP contribution in [-0.2, 0) is 4.79 Å². The summed E-state index contributed by atoms with van der Waals surface area (Å²) in [4.78, 5) is 11.4. The van der Waals surface area contributed by atoms with Crippen LogP contribution in [0, 0.1) is 0 Å². The topological polar surface area (TPSA) is 29.1 Å². The van der Waals surface area contributed by atoms with Crippen LogP contribution in [0.1, 0.15) is 6.92 Å². The molecule has 0 bridgehead atoms. The highest BCUT2D eigenvalue weighted by Crippen LogP contribution is 2.38. The van der Waals surface area contributed by atoms with Gasteiger partial charge in [0.2, 0.25) is 5.91 Å². The molecule has 0 spiro atoms. The molecule has 0 fully saturated rings. The molecule has 1 N–H and O–H groups in total. The lowest BCUT2D eigenvalue weighted by molar-refractivity contribution is -0.114. The molecule has 0 saturated heterocycles. The Bertz CT molecular complexity index is 843. The maximum Gasteiger partial charge on any atom is 0.221 e. The van der Waals surface area contributed by atoms with Gasteiger partial charge in [0.05, 0.1) is 15.7 Å². The van der Waals surface area contributed by atoms with Crippen LogP contribution in [0.15, 0.2) is 42.5 Å². The number of hydrogen-bond donors (Lipinski definition) is 1. The molecule has 3 aromatic rings. The van der Waals surface area contributed by atoms with Crippen LogP contribution in [-0.4, -0.2) is 5.91 Å². The molecule has 20 heavy (non-hydrogen) atoms. The average Bonchev–Trinajstić information content (AvgIpc) is 2.42. The number of benzene rings is 3. The molecule has 0 atom stereocenters. The molecule has 0 aliphatic heterocycles. The van der Waals surface area contributed by atoms with Crippen molar-refractivity contribution >= 4 is 56.3 Å². The largest absolute Gasteiger partial charge is 0.324 e. The van der Waals surface area contributed by atoms with Crippen molar-refractivity contribution in [3.63, 3.8) is 0 Å². The Hall–Kier alpha value is -1.77. The summed E-state index contributed by atoms with van der Waals surface area (Å²) in [7, 11) is 0. The molecule has 0 saturated carbocycles. The number of hydrogen-bond acceptors (Lipinski definition) is 1. The lowest BCUT2D eigenvalue weighted by Gasteiger charge is -2.12. The Balaban J connectivity index is 2.41. The van der Waals surface area contributed by atoms with Crippen LogP contribution in [0.2, 0.25) is 10.0 Å². The van der Waals surface area contributed by atoms with Gasteiger partial charge in [-0.3, -0.25) is 4.79 Å². The summed E-state index contributed by atoms with van der Waals surface area (Å²) in [5.41, 5.74) is 0.562. The van der Waals surface area contributed by atoms with Crippen molar-refractivity contribution in [3.8, 4) is 0 Å². The molecule has 0 aliphatic rings. The van der Waals surface area contributed by atoms with E-state index in [4.69, 9.17) is 23.2 Å². The van der Waals surface area contributed by atoms with Gasteiger partial charge < -0.3 is 5.32 Å². The van der Waals surface area contributed by atoms with E-state index in [9.17, 15) is 4.79 Å². The Labute approximate surface area is 126 Å². The third-order valence-corrected chi connectivity index (χ3v) is 3.99. The molecule has 4 heteroatoms. The van der Waals surface area contributed by atoms with Crippen molar-refractivity contribution in [1.82, 2.24) is 0 Å². The zero-order valence-corrected chi connectivity index (χ0v) is 12.2. The fourth-order valence-corrected chi connectivity index (χ4v) is 2.75.